The molecule has 2 rings (SSSR count). The zero-order valence-electron chi connectivity index (χ0n) is 13.2. The van der Waals surface area contributed by atoms with Crippen molar-refractivity contribution in [3.63, 3.8) is 0 Å². The minimum absolute atomic E-state index is 0. The number of hydrogen-bond acceptors (Lipinski definition) is 4. The largest absolute Gasteiger partial charge is 0.491 e. The number of morpholine rings is 1. The number of nitrogens with one attached hydrogen (secondary N) is 2. The second-order valence-electron chi connectivity index (χ2n) is 5.30. The van der Waals surface area contributed by atoms with Crippen LogP contribution in [-0.2, 0) is 9.53 Å². The molecule has 124 valence electrons. The number of carbonyl (C=O) groups is 1. The molecule has 1 fully saturated rings. The number of rotatable bonds is 6. The van der Waals surface area contributed by atoms with Gasteiger partial charge in [0.05, 0.1) is 31.4 Å². The van der Waals surface area contributed by atoms with Gasteiger partial charge in [-0.25, -0.2) is 0 Å². The third kappa shape index (κ3) is 5.83. The average Bonchev–Trinajstić information content (AvgIpc) is 2.48. The molecule has 22 heavy (non-hydrogen) atoms. The van der Waals surface area contributed by atoms with E-state index in [4.69, 9.17) is 9.47 Å². The summed E-state index contributed by atoms with van der Waals surface area (Å²) in [7, 11) is 0. The molecule has 1 aliphatic rings. The van der Waals surface area contributed by atoms with Crippen LogP contribution in [0.15, 0.2) is 18.2 Å². The Morgan fingerprint density at radius 2 is 2.32 bits per heavy atom. The minimum Gasteiger partial charge on any atom is -0.491 e. The molecule has 0 radical (unpaired) electrons. The molecule has 0 spiro atoms. The van der Waals surface area contributed by atoms with E-state index in [9.17, 15) is 4.79 Å². The number of amides is 1. The summed E-state index contributed by atoms with van der Waals surface area (Å²) in [5.41, 5.74) is 1.83. The van der Waals surface area contributed by atoms with Gasteiger partial charge in [0.15, 0.2) is 0 Å². The second-order valence-corrected chi connectivity index (χ2v) is 5.30. The summed E-state index contributed by atoms with van der Waals surface area (Å²) in [6.45, 7) is 6.94. The molecule has 1 unspecified atom stereocenters. The molecule has 1 heterocycles. The number of benzene rings is 1. The van der Waals surface area contributed by atoms with Crippen LogP contribution in [0.5, 0.6) is 5.75 Å². The van der Waals surface area contributed by atoms with E-state index in [0.29, 0.717) is 19.6 Å². The molecule has 0 bridgehead atoms. The molecular weight excluding hydrogens is 304 g/mol. The maximum Gasteiger partial charge on any atom is 0.227 e. The van der Waals surface area contributed by atoms with Gasteiger partial charge in [0.2, 0.25) is 5.91 Å². The highest BCUT2D eigenvalue weighted by Crippen LogP contribution is 2.26. The summed E-state index contributed by atoms with van der Waals surface area (Å²) in [6.07, 6.45) is 1.24. The molecule has 0 saturated carbocycles. The van der Waals surface area contributed by atoms with Gasteiger partial charge in [-0.2, -0.15) is 0 Å². The standard InChI is InChI=1S/C16H24N2O3.ClH/c1-3-7-21-15-9-12(2)4-5-14(15)18-16(19)10-13-11-17-6-8-20-13;/h4-5,9,13,17H,3,6-8,10-11H2,1-2H3,(H,18,19);1H. The molecule has 1 saturated heterocycles. The van der Waals surface area contributed by atoms with Gasteiger partial charge in [0, 0.05) is 13.1 Å². The maximum absolute atomic E-state index is 12.1. The fraction of sp³-hybridized carbons (Fsp3) is 0.562. The van der Waals surface area contributed by atoms with Crippen LogP contribution < -0.4 is 15.4 Å². The molecule has 5 nitrogen and oxygen atoms in total. The van der Waals surface area contributed by atoms with E-state index < -0.39 is 0 Å². The van der Waals surface area contributed by atoms with Gasteiger partial charge in [-0.05, 0) is 31.0 Å². The lowest BCUT2D eigenvalue weighted by atomic mass is 10.2. The van der Waals surface area contributed by atoms with Gasteiger partial charge in [-0.15, -0.1) is 12.4 Å². The number of anilines is 1. The van der Waals surface area contributed by atoms with E-state index in [1.165, 1.54) is 0 Å². The summed E-state index contributed by atoms with van der Waals surface area (Å²) in [5.74, 6) is 0.682. The first kappa shape index (κ1) is 18.7. The average molecular weight is 329 g/mol. The van der Waals surface area contributed by atoms with Crippen LogP contribution in [0.2, 0.25) is 0 Å². The van der Waals surface area contributed by atoms with Gasteiger partial charge < -0.3 is 20.1 Å². The lowest BCUT2D eigenvalue weighted by molar-refractivity contribution is -0.119. The molecule has 1 aromatic rings. The Balaban J connectivity index is 0.00000242. The smallest absolute Gasteiger partial charge is 0.227 e. The summed E-state index contributed by atoms with van der Waals surface area (Å²) < 4.78 is 11.2. The van der Waals surface area contributed by atoms with Gasteiger partial charge >= 0.3 is 0 Å². The first-order chi connectivity index (χ1) is 10.2. The summed E-state index contributed by atoms with van der Waals surface area (Å²) in [4.78, 5) is 12.1. The fourth-order valence-electron chi connectivity index (χ4n) is 2.22. The lowest BCUT2D eigenvalue weighted by Gasteiger charge is -2.23. The SMILES string of the molecule is CCCOc1cc(C)ccc1NC(=O)CC1CNCCO1.Cl. The predicted octanol–water partition coefficient (Wildman–Crippen LogP) is 2.52. The fourth-order valence-corrected chi connectivity index (χ4v) is 2.22. The van der Waals surface area contributed by atoms with E-state index in [1.54, 1.807) is 0 Å². The predicted molar refractivity (Wildman–Crippen MR) is 90.1 cm³/mol. The second kappa shape index (κ2) is 9.66. The zero-order valence-corrected chi connectivity index (χ0v) is 14.0. The number of halogens is 1. The molecular formula is C16H25ClN2O3. The van der Waals surface area contributed by atoms with E-state index in [-0.39, 0.29) is 24.4 Å². The molecule has 1 aromatic carbocycles. The van der Waals surface area contributed by atoms with Crippen molar-refractivity contribution in [1.82, 2.24) is 5.32 Å². The van der Waals surface area contributed by atoms with Gasteiger partial charge in [0.1, 0.15) is 5.75 Å². The first-order valence-corrected chi connectivity index (χ1v) is 7.54. The topological polar surface area (TPSA) is 59.6 Å². The highest BCUT2D eigenvalue weighted by molar-refractivity contribution is 5.92. The highest BCUT2D eigenvalue weighted by atomic mass is 35.5. The third-order valence-electron chi connectivity index (χ3n) is 3.29. The van der Waals surface area contributed by atoms with E-state index in [2.05, 4.69) is 17.6 Å². The molecule has 0 aromatic heterocycles. The Hall–Kier alpha value is -1.30. The van der Waals surface area contributed by atoms with E-state index >= 15 is 0 Å². The zero-order chi connectivity index (χ0) is 15.1. The first-order valence-electron chi connectivity index (χ1n) is 7.54. The van der Waals surface area contributed by atoms with Crippen LogP contribution in [0.25, 0.3) is 0 Å². The van der Waals surface area contributed by atoms with E-state index in [1.807, 2.05) is 25.1 Å². The summed E-state index contributed by atoms with van der Waals surface area (Å²) in [5, 5.41) is 6.14. The maximum atomic E-state index is 12.1. The molecule has 1 amide bonds. The van der Waals surface area contributed by atoms with Crippen molar-refractivity contribution in [2.75, 3.05) is 31.6 Å². The summed E-state index contributed by atoms with van der Waals surface area (Å²) >= 11 is 0. The minimum atomic E-state index is -0.0517. The van der Waals surface area contributed by atoms with Crippen LogP contribution in [0.3, 0.4) is 0 Å². The Morgan fingerprint density at radius 3 is 3.00 bits per heavy atom. The van der Waals surface area contributed by atoms with Gasteiger partial charge in [0.25, 0.3) is 0 Å². The van der Waals surface area contributed by atoms with Crippen molar-refractivity contribution >= 4 is 24.0 Å². The Morgan fingerprint density at radius 1 is 1.50 bits per heavy atom. The lowest BCUT2D eigenvalue weighted by Crippen LogP contribution is -2.40. The van der Waals surface area contributed by atoms with Crippen molar-refractivity contribution in [2.24, 2.45) is 0 Å². The van der Waals surface area contributed by atoms with Crippen molar-refractivity contribution in [3.05, 3.63) is 23.8 Å². The number of ether oxygens (including phenoxy) is 2. The van der Waals surface area contributed by atoms with Crippen molar-refractivity contribution < 1.29 is 14.3 Å². The van der Waals surface area contributed by atoms with Gasteiger partial charge in [-0.3, -0.25) is 4.79 Å². The Bertz CT molecular complexity index is 476. The van der Waals surface area contributed by atoms with E-state index in [0.717, 1.165) is 36.5 Å². The van der Waals surface area contributed by atoms with Crippen LogP contribution >= 0.6 is 12.4 Å². The molecule has 1 aliphatic heterocycles. The number of hydrogen-bond donors (Lipinski definition) is 2. The molecule has 1 atom stereocenters. The van der Waals surface area contributed by atoms with Gasteiger partial charge in [-0.1, -0.05) is 13.0 Å². The van der Waals surface area contributed by atoms with Crippen LogP contribution in [-0.4, -0.2) is 38.3 Å². The van der Waals surface area contributed by atoms with Crippen molar-refractivity contribution in [1.29, 1.82) is 0 Å². The number of carbonyl (C=O) groups excluding carboxylic acids is 1. The quantitative estimate of drug-likeness (QED) is 0.842. The van der Waals surface area contributed by atoms with Crippen LogP contribution in [0.1, 0.15) is 25.3 Å². The molecule has 6 heteroatoms. The molecule has 0 aliphatic carbocycles. The van der Waals surface area contributed by atoms with Crippen LogP contribution in [0, 0.1) is 6.92 Å². The van der Waals surface area contributed by atoms with Crippen molar-refractivity contribution in [3.8, 4) is 5.75 Å². The molecule has 2 N–H and O–H groups in total. The highest BCUT2D eigenvalue weighted by Gasteiger charge is 2.18. The summed E-state index contributed by atoms with van der Waals surface area (Å²) in [6, 6.07) is 5.80. The monoisotopic (exact) mass is 328 g/mol. The Labute approximate surface area is 138 Å². The third-order valence-corrected chi connectivity index (χ3v) is 3.29. The normalized spacial score (nSPS) is 17.5. The van der Waals surface area contributed by atoms with Crippen molar-refractivity contribution in [2.45, 2.75) is 32.8 Å². The van der Waals surface area contributed by atoms with Crippen LogP contribution in [0.4, 0.5) is 5.69 Å². The number of aryl methyl sites for hydroxylation is 1. The Kier molecular flexibility index (Phi) is 8.24.